The first-order valence-corrected chi connectivity index (χ1v) is 5.51. The Hall–Kier alpha value is -2.76. The van der Waals surface area contributed by atoms with E-state index in [1.165, 1.54) is 6.07 Å². The SMILES string of the molecule is O=C(O)C1C=Nc2c(c(O)cc3ncccc23)C1=O. The summed E-state index contributed by atoms with van der Waals surface area (Å²) >= 11 is 0. The number of nitrogens with zero attached hydrogens (tertiary/aromatic N) is 2. The molecule has 0 saturated heterocycles. The van der Waals surface area contributed by atoms with Gasteiger partial charge < -0.3 is 10.2 Å². The lowest BCUT2D eigenvalue weighted by molar-refractivity contribution is -0.137. The number of phenols is 1. The van der Waals surface area contributed by atoms with E-state index >= 15 is 0 Å². The molecule has 0 bridgehead atoms. The van der Waals surface area contributed by atoms with Crippen molar-refractivity contribution in [2.75, 3.05) is 0 Å². The fourth-order valence-electron chi connectivity index (χ4n) is 2.12. The van der Waals surface area contributed by atoms with Gasteiger partial charge in [0.1, 0.15) is 5.75 Å². The van der Waals surface area contributed by atoms with Crippen molar-refractivity contribution in [2.24, 2.45) is 10.9 Å². The standard InChI is InChI=1S/C13H8N2O4/c16-9-4-8-6(2-1-3-14-8)11-10(9)12(17)7(5-15-11)13(18)19/h1-5,7,16H,(H,18,19). The monoisotopic (exact) mass is 256 g/mol. The number of aliphatic imine (C=N–C) groups is 1. The van der Waals surface area contributed by atoms with E-state index in [1.807, 2.05) is 0 Å². The van der Waals surface area contributed by atoms with E-state index in [0.717, 1.165) is 6.21 Å². The minimum absolute atomic E-state index is 0.0598. The van der Waals surface area contributed by atoms with E-state index in [4.69, 9.17) is 5.11 Å². The molecule has 19 heavy (non-hydrogen) atoms. The van der Waals surface area contributed by atoms with E-state index in [9.17, 15) is 14.7 Å². The number of aliphatic carboxylic acids is 1. The van der Waals surface area contributed by atoms with E-state index in [2.05, 4.69) is 9.98 Å². The third kappa shape index (κ3) is 1.57. The highest BCUT2D eigenvalue weighted by Gasteiger charge is 2.33. The zero-order chi connectivity index (χ0) is 13.6. The highest BCUT2D eigenvalue weighted by Crippen LogP contribution is 2.39. The minimum atomic E-state index is -1.35. The van der Waals surface area contributed by atoms with Crippen molar-refractivity contribution in [1.82, 2.24) is 4.98 Å². The number of aromatic nitrogens is 1. The second-order valence-corrected chi connectivity index (χ2v) is 4.15. The quantitative estimate of drug-likeness (QED) is 0.754. The molecule has 1 aromatic heterocycles. The number of pyridine rings is 1. The molecule has 94 valence electrons. The fraction of sp³-hybridized carbons (Fsp3) is 0.0769. The van der Waals surface area contributed by atoms with E-state index in [-0.39, 0.29) is 17.0 Å². The molecule has 0 spiro atoms. The third-order valence-corrected chi connectivity index (χ3v) is 3.01. The number of carbonyl (C=O) groups excluding carboxylic acids is 1. The van der Waals surface area contributed by atoms with E-state index in [1.54, 1.807) is 18.3 Å². The van der Waals surface area contributed by atoms with Gasteiger partial charge in [-0.2, -0.15) is 0 Å². The summed E-state index contributed by atoms with van der Waals surface area (Å²) < 4.78 is 0. The molecule has 2 aromatic rings. The second kappa shape index (κ2) is 3.88. The summed E-state index contributed by atoms with van der Waals surface area (Å²) in [6.45, 7) is 0. The molecule has 6 nitrogen and oxygen atoms in total. The van der Waals surface area contributed by atoms with Crippen molar-refractivity contribution in [2.45, 2.75) is 0 Å². The molecule has 0 saturated carbocycles. The Balaban J connectivity index is 2.34. The average molecular weight is 256 g/mol. The van der Waals surface area contributed by atoms with Crippen LogP contribution in [0.25, 0.3) is 10.9 Å². The predicted molar refractivity (Wildman–Crippen MR) is 67.0 cm³/mol. The van der Waals surface area contributed by atoms with Crippen molar-refractivity contribution in [1.29, 1.82) is 0 Å². The van der Waals surface area contributed by atoms with Crippen LogP contribution in [0.5, 0.6) is 5.75 Å². The van der Waals surface area contributed by atoms with Gasteiger partial charge >= 0.3 is 5.97 Å². The van der Waals surface area contributed by atoms with Gasteiger partial charge in [0.2, 0.25) is 0 Å². The van der Waals surface area contributed by atoms with Gasteiger partial charge in [0, 0.05) is 23.9 Å². The molecule has 0 fully saturated rings. The molecule has 1 atom stereocenters. The van der Waals surface area contributed by atoms with Crippen molar-refractivity contribution in [3.05, 3.63) is 30.0 Å². The third-order valence-electron chi connectivity index (χ3n) is 3.01. The highest BCUT2D eigenvalue weighted by molar-refractivity contribution is 6.25. The van der Waals surface area contributed by atoms with Crippen LogP contribution in [0, 0.1) is 5.92 Å². The summed E-state index contributed by atoms with van der Waals surface area (Å²) in [5.41, 5.74) is 0.707. The first-order chi connectivity index (χ1) is 9.09. The number of fused-ring (bicyclic) bond motifs is 3. The average Bonchev–Trinajstić information content (AvgIpc) is 2.38. The van der Waals surface area contributed by atoms with Gasteiger partial charge in [-0.25, -0.2) is 0 Å². The number of phenolic OH excluding ortho intramolecular Hbond substituents is 1. The van der Waals surface area contributed by atoms with Crippen LogP contribution in [0.3, 0.4) is 0 Å². The number of carboxylic acids is 1. The lowest BCUT2D eigenvalue weighted by atomic mass is 9.92. The first-order valence-electron chi connectivity index (χ1n) is 5.51. The number of carbonyl (C=O) groups is 2. The Morgan fingerprint density at radius 3 is 2.89 bits per heavy atom. The lowest BCUT2D eigenvalue weighted by Gasteiger charge is -2.16. The molecule has 1 aliphatic rings. The predicted octanol–water partition coefficient (Wildman–Crippen LogP) is 1.54. The Bertz CT molecular complexity index is 752. The number of aromatic hydroxyl groups is 1. The number of rotatable bonds is 1. The number of benzene rings is 1. The number of ketones is 1. The minimum Gasteiger partial charge on any atom is -0.507 e. The van der Waals surface area contributed by atoms with Crippen molar-refractivity contribution in [3.63, 3.8) is 0 Å². The van der Waals surface area contributed by atoms with Crippen LogP contribution in [0.15, 0.2) is 29.4 Å². The number of hydrogen-bond donors (Lipinski definition) is 2. The maximum absolute atomic E-state index is 12.1. The van der Waals surface area contributed by atoms with Crippen LogP contribution < -0.4 is 0 Å². The molecule has 2 heterocycles. The van der Waals surface area contributed by atoms with Crippen LogP contribution in [0.2, 0.25) is 0 Å². The van der Waals surface area contributed by atoms with Crippen LogP contribution in [0.1, 0.15) is 10.4 Å². The van der Waals surface area contributed by atoms with Gasteiger partial charge in [-0.3, -0.25) is 19.6 Å². The molecule has 2 N–H and O–H groups in total. The van der Waals surface area contributed by atoms with Gasteiger partial charge in [0.15, 0.2) is 11.7 Å². The second-order valence-electron chi connectivity index (χ2n) is 4.15. The smallest absolute Gasteiger partial charge is 0.319 e. The molecule has 0 radical (unpaired) electrons. The highest BCUT2D eigenvalue weighted by atomic mass is 16.4. The summed E-state index contributed by atoms with van der Waals surface area (Å²) in [6, 6.07) is 4.74. The number of Topliss-reactive ketones (excluding diaryl/α,β-unsaturated/α-hetero) is 1. The zero-order valence-corrected chi connectivity index (χ0v) is 9.57. The van der Waals surface area contributed by atoms with Gasteiger partial charge in [-0.15, -0.1) is 0 Å². The van der Waals surface area contributed by atoms with Crippen LogP contribution >= 0.6 is 0 Å². The normalized spacial score (nSPS) is 17.5. The molecule has 6 heteroatoms. The number of hydrogen-bond acceptors (Lipinski definition) is 5. The Labute approximate surface area is 107 Å². The van der Waals surface area contributed by atoms with Crippen LogP contribution in [0.4, 0.5) is 5.69 Å². The molecule has 1 unspecified atom stereocenters. The molecule has 0 amide bonds. The lowest BCUT2D eigenvalue weighted by Crippen LogP contribution is -2.27. The topological polar surface area (TPSA) is 99.8 Å². The summed E-state index contributed by atoms with van der Waals surface area (Å²) in [4.78, 5) is 31.1. The molecular weight excluding hydrogens is 248 g/mol. The molecule has 1 aromatic carbocycles. The molecular formula is C13H8N2O4. The largest absolute Gasteiger partial charge is 0.507 e. The summed E-state index contributed by atoms with van der Waals surface area (Å²) in [7, 11) is 0. The summed E-state index contributed by atoms with van der Waals surface area (Å²) in [6.07, 6.45) is 2.64. The van der Waals surface area contributed by atoms with Gasteiger partial charge in [-0.05, 0) is 12.1 Å². The van der Waals surface area contributed by atoms with Crippen LogP contribution in [-0.2, 0) is 4.79 Å². The first kappa shape index (κ1) is 11.3. The molecule has 3 rings (SSSR count). The van der Waals surface area contributed by atoms with Gasteiger partial charge in [-0.1, -0.05) is 0 Å². The number of carboxylic acid groups (broad SMARTS) is 1. The van der Waals surface area contributed by atoms with Crippen molar-refractivity contribution >= 4 is 34.6 Å². The fourth-order valence-corrected chi connectivity index (χ4v) is 2.12. The van der Waals surface area contributed by atoms with Crippen molar-refractivity contribution in [3.8, 4) is 5.75 Å². The van der Waals surface area contributed by atoms with Gasteiger partial charge in [0.05, 0.1) is 16.8 Å². The Morgan fingerprint density at radius 1 is 1.37 bits per heavy atom. The van der Waals surface area contributed by atoms with E-state index < -0.39 is 17.7 Å². The summed E-state index contributed by atoms with van der Waals surface area (Å²) in [5, 5.41) is 19.4. The molecule has 0 aliphatic carbocycles. The van der Waals surface area contributed by atoms with Crippen LogP contribution in [-0.4, -0.2) is 33.2 Å². The Kier molecular flexibility index (Phi) is 2.31. The van der Waals surface area contributed by atoms with E-state index in [0.29, 0.717) is 10.9 Å². The van der Waals surface area contributed by atoms with Crippen molar-refractivity contribution < 1.29 is 19.8 Å². The maximum atomic E-state index is 12.1. The Morgan fingerprint density at radius 2 is 2.16 bits per heavy atom. The zero-order valence-electron chi connectivity index (χ0n) is 9.57. The maximum Gasteiger partial charge on any atom is 0.319 e. The molecule has 1 aliphatic heterocycles. The summed E-state index contributed by atoms with van der Waals surface area (Å²) in [5.74, 6) is -3.60. The van der Waals surface area contributed by atoms with Gasteiger partial charge in [0.25, 0.3) is 0 Å².